The molecule has 1 fully saturated rings. The maximum absolute atomic E-state index is 12.8. The number of carbonyl (C=O) groups is 1. The van der Waals surface area contributed by atoms with E-state index in [0.717, 1.165) is 18.7 Å². The molecule has 0 spiro atoms. The second kappa shape index (κ2) is 7.80. The topological polar surface area (TPSA) is 107 Å². The summed E-state index contributed by atoms with van der Waals surface area (Å²) in [5.74, 6) is -0.896. The van der Waals surface area contributed by atoms with Gasteiger partial charge >= 0.3 is 6.18 Å². The van der Waals surface area contributed by atoms with Crippen LogP contribution in [-0.2, 0) is 6.18 Å². The molecule has 1 aliphatic rings. The van der Waals surface area contributed by atoms with Crippen molar-refractivity contribution in [3.05, 3.63) is 47.7 Å². The summed E-state index contributed by atoms with van der Waals surface area (Å²) in [7, 11) is 0. The molecule has 4 rings (SSSR count). The number of H-pyrrole nitrogens is 1. The fourth-order valence-corrected chi connectivity index (χ4v) is 3.70. The van der Waals surface area contributed by atoms with Crippen LogP contribution in [-0.4, -0.2) is 56.2 Å². The number of aliphatic hydroxyl groups is 1. The summed E-state index contributed by atoms with van der Waals surface area (Å²) in [5.41, 5.74) is 0.0593. The molecule has 164 valence electrons. The molecule has 1 aliphatic heterocycles. The SMILES string of the molecule is Cc1cc(N2CCC[C@](O)(CNC(=O)c3ccc4nc(C(F)(F)F)[nH]c4c3)C2)ncn1. The van der Waals surface area contributed by atoms with E-state index >= 15 is 0 Å². The van der Waals surface area contributed by atoms with Crippen LogP contribution < -0.4 is 10.2 Å². The number of hydrogen-bond acceptors (Lipinski definition) is 6. The quantitative estimate of drug-likeness (QED) is 0.582. The predicted octanol–water partition coefficient (Wildman–Crippen LogP) is 2.44. The van der Waals surface area contributed by atoms with Gasteiger partial charge in [-0.25, -0.2) is 15.0 Å². The first-order valence-electron chi connectivity index (χ1n) is 9.74. The normalized spacial score (nSPS) is 19.6. The number of carbonyl (C=O) groups excluding carboxylic acids is 1. The highest BCUT2D eigenvalue weighted by molar-refractivity contribution is 5.97. The summed E-state index contributed by atoms with van der Waals surface area (Å²) in [5, 5.41) is 13.7. The van der Waals surface area contributed by atoms with E-state index < -0.39 is 23.5 Å². The van der Waals surface area contributed by atoms with Crippen molar-refractivity contribution in [2.75, 3.05) is 24.5 Å². The summed E-state index contributed by atoms with van der Waals surface area (Å²) in [6.07, 6.45) is -1.91. The molecular weight excluding hydrogens is 413 g/mol. The first-order valence-corrected chi connectivity index (χ1v) is 9.74. The highest BCUT2D eigenvalue weighted by Crippen LogP contribution is 2.29. The number of aromatic amines is 1. The van der Waals surface area contributed by atoms with Crippen molar-refractivity contribution in [1.29, 1.82) is 0 Å². The number of nitrogens with one attached hydrogen (secondary N) is 2. The summed E-state index contributed by atoms with van der Waals surface area (Å²) < 4.78 is 38.5. The number of hydrogen-bond donors (Lipinski definition) is 3. The standard InChI is InChI=1S/C20H21F3N6O2/c1-12-7-16(26-11-25-12)29-6-2-5-19(31,10-29)9-24-17(30)13-3-4-14-15(8-13)28-18(27-14)20(21,22)23/h3-4,7-8,11,31H,2,5-6,9-10H2,1H3,(H,24,30)(H,27,28)/t19-/m0/s1. The van der Waals surface area contributed by atoms with Crippen LogP contribution in [0.3, 0.4) is 0 Å². The molecule has 3 heterocycles. The average Bonchev–Trinajstić information content (AvgIpc) is 3.16. The van der Waals surface area contributed by atoms with Crippen LogP contribution in [0.2, 0.25) is 0 Å². The van der Waals surface area contributed by atoms with Gasteiger partial charge in [0.15, 0.2) is 0 Å². The highest BCUT2D eigenvalue weighted by Gasteiger charge is 2.35. The minimum atomic E-state index is -4.60. The number of piperidine rings is 1. The van der Waals surface area contributed by atoms with Gasteiger partial charge in [-0.3, -0.25) is 4.79 Å². The number of rotatable bonds is 4. The van der Waals surface area contributed by atoms with Gasteiger partial charge in [-0.2, -0.15) is 13.2 Å². The first kappa shape index (κ1) is 21.0. The van der Waals surface area contributed by atoms with E-state index in [0.29, 0.717) is 12.2 Å². The van der Waals surface area contributed by atoms with Gasteiger partial charge in [-0.15, -0.1) is 0 Å². The van der Waals surface area contributed by atoms with Crippen LogP contribution in [0.1, 0.15) is 34.7 Å². The van der Waals surface area contributed by atoms with Gasteiger partial charge in [0.1, 0.15) is 12.1 Å². The van der Waals surface area contributed by atoms with E-state index in [1.807, 2.05) is 17.9 Å². The molecule has 8 nitrogen and oxygen atoms in total. The van der Waals surface area contributed by atoms with E-state index in [4.69, 9.17) is 0 Å². The largest absolute Gasteiger partial charge is 0.449 e. The lowest BCUT2D eigenvalue weighted by Crippen LogP contribution is -2.54. The third-order valence-corrected chi connectivity index (χ3v) is 5.26. The van der Waals surface area contributed by atoms with E-state index in [1.54, 1.807) is 0 Å². The number of fused-ring (bicyclic) bond motifs is 1. The molecule has 0 unspecified atom stereocenters. The Morgan fingerprint density at radius 2 is 2.13 bits per heavy atom. The minimum absolute atomic E-state index is 0.00120. The number of amides is 1. The van der Waals surface area contributed by atoms with Crippen molar-refractivity contribution in [1.82, 2.24) is 25.3 Å². The van der Waals surface area contributed by atoms with Crippen LogP contribution >= 0.6 is 0 Å². The maximum atomic E-state index is 12.8. The average molecular weight is 434 g/mol. The molecule has 0 bridgehead atoms. The molecule has 11 heteroatoms. The monoisotopic (exact) mass is 434 g/mol. The van der Waals surface area contributed by atoms with Gasteiger partial charge in [0, 0.05) is 37.0 Å². The van der Waals surface area contributed by atoms with Crippen molar-refractivity contribution in [2.24, 2.45) is 0 Å². The number of benzene rings is 1. The van der Waals surface area contributed by atoms with Crippen LogP contribution in [0.25, 0.3) is 11.0 Å². The smallest absolute Gasteiger partial charge is 0.386 e. The number of anilines is 1. The van der Waals surface area contributed by atoms with Gasteiger partial charge in [0.05, 0.1) is 16.6 Å². The van der Waals surface area contributed by atoms with Crippen molar-refractivity contribution < 1.29 is 23.1 Å². The fraction of sp³-hybridized carbons (Fsp3) is 0.400. The van der Waals surface area contributed by atoms with Gasteiger partial charge in [0.25, 0.3) is 5.91 Å². The summed E-state index contributed by atoms with van der Waals surface area (Å²) in [6, 6.07) is 5.90. The Morgan fingerprint density at radius 3 is 2.87 bits per heavy atom. The fourth-order valence-electron chi connectivity index (χ4n) is 3.70. The van der Waals surface area contributed by atoms with E-state index in [2.05, 4.69) is 25.3 Å². The lowest BCUT2D eigenvalue weighted by molar-refractivity contribution is -0.144. The molecule has 1 atom stereocenters. The summed E-state index contributed by atoms with van der Waals surface area (Å²) in [6.45, 7) is 2.87. The molecule has 0 radical (unpaired) electrons. The third kappa shape index (κ3) is 4.61. The van der Waals surface area contributed by atoms with Gasteiger partial charge in [0.2, 0.25) is 5.82 Å². The third-order valence-electron chi connectivity index (χ3n) is 5.26. The number of imidazole rings is 1. The second-order valence-corrected chi connectivity index (χ2v) is 7.76. The summed E-state index contributed by atoms with van der Waals surface area (Å²) >= 11 is 0. The molecule has 3 aromatic rings. The molecule has 1 saturated heterocycles. The van der Waals surface area contributed by atoms with Gasteiger partial charge in [-0.05, 0) is 38.0 Å². The molecule has 3 N–H and O–H groups in total. The number of halogens is 3. The number of aromatic nitrogens is 4. The first-order chi connectivity index (χ1) is 14.6. The zero-order valence-electron chi connectivity index (χ0n) is 16.7. The lowest BCUT2D eigenvalue weighted by atomic mass is 9.92. The molecular formula is C20H21F3N6O2. The Balaban J connectivity index is 1.43. The van der Waals surface area contributed by atoms with Gasteiger partial charge < -0.3 is 20.3 Å². The Hall–Kier alpha value is -3.21. The zero-order chi connectivity index (χ0) is 22.2. The minimum Gasteiger partial charge on any atom is -0.386 e. The van der Waals surface area contributed by atoms with Crippen molar-refractivity contribution >= 4 is 22.8 Å². The van der Waals surface area contributed by atoms with Crippen LogP contribution in [0.4, 0.5) is 19.0 Å². The Bertz CT molecular complexity index is 1120. The number of nitrogens with zero attached hydrogens (tertiary/aromatic N) is 4. The highest BCUT2D eigenvalue weighted by atomic mass is 19.4. The van der Waals surface area contributed by atoms with Crippen molar-refractivity contribution in [3.8, 4) is 0 Å². The Kier molecular flexibility index (Phi) is 5.29. The number of β-amino-alcohol motifs (C(OH)–C–C–N with tert-alkyl or cyclic N) is 1. The van der Waals surface area contributed by atoms with Crippen molar-refractivity contribution in [3.63, 3.8) is 0 Å². The molecule has 0 aliphatic carbocycles. The van der Waals surface area contributed by atoms with Gasteiger partial charge in [-0.1, -0.05) is 0 Å². The van der Waals surface area contributed by atoms with Crippen LogP contribution in [0.5, 0.6) is 0 Å². The predicted molar refractivity (Wildman–Crippen MR) is 107 cm³/mol. The molecule has 1 aromatic carbocycles. The van der Waals surface area contributed by atoms with E-state index in [1.165, 1.54) is 24.5 Å². The number of aryl methyl sites for hydroxylation is 1. The Morgan fingerprint density at radius 1 is 1.32 bits per heavy atom. The molecule has 31 heavy (non-hydrogen) atoms. The lowest BCUT2D eigenvalue weighted by Gasteiger charge is -2.39. The molecule has 0 saturated carbocycles. The van der Waals surface area contributed by atoms with Crippen LogP contribution in [0, 0.1) is 6.92 Å². The second-order valence-electron chi connectivity index (χ2n) is 7.76. The molecule has 1 amide bonds. The van der Waals surface area contributed by atoms with E-state index in [-0.39, 0.29) is 29.7 Å². The summed E-state index contributed by atoms with van der Waals surface area (Å²) in [4.78, 5) is 28.5. The van der Waals surface area contributed by atoms with Crippen LogP contribution in [0.15, 0.2) is 30.6 Å². The van der Waals surface area contributed by atoms with E-state index in [9.17, 15) is 23.1 Å². The van der Waals surface area contributed by atoms with Crippen molar-refractivity contribution in [2.45, 2.75) is 31.5 Å². The number of alkyl halides is 3. The zero-order valence-corrected chi connectivity index (χ0v) is 16.7. The maximum Gasteiger partial charge on any atom is 0.449 e. The molecule has 2 aromatic heterocycles. The Labute approximate surface area is 175 Å².